The summed E-state index contributed by atoms with van der Waals surface area (Å²) in [5.74, 6) is 0.620. The van der Waals surface area contributed by atoms with Crippen molar-refractivity contribution >= 4 is 5.91 Å². The molecule has 1 aromatic carbocycles. The molecule has 126 valence electrons. The van der Waals surface area contributed by atoms with Crippen LogP contribution < -0.4 is 10.1 Å². The number of nitrogens with one attached hydrogen (secondary N) is 1. The van der Waals surface area contributed by atoms with Gasteiger partial charge < -0.3 is 10.1 Å². The van der Waals surface area contributed by atoms with Crippen LogP contribution in [0.15, 0.2) is 67.1 Å². The maximum absolute atomic E-state index is 12.4. The van der Waals surface area contributed by atoms with Crippen LogP contribution in [0, 0.1) is 0 Å². The predicted molar refractivity (Wildman–Crippen MR) is 96.2 cm³/mol. The first-order chi connectivity index (χ1) is 12.3. The van der Waals surface area contributed by atoms with E-state index < -0.39 is 0 Å². The molecule has 0 saturated heterocycles. The van der Waals surface area contributed by atoms with Crippen LogP contribution in [0.4, 0.5) is 0 Å². The molecule has 2 aromatic heterocycles. The minimum atomic E-state index is -0.135. The van der Waals surface area contributed by atoms with E-state index in [4.69, 9.17) is 4.74 Å². The zero-order valence-corrected chi connectivity index (χ0v) is 14.0. The van der Waals surface area contributed by atoms with Gasteiger partial charge in [0.1, 0.15) is 5.75 Å². The summed E-state index contributed by atoms with van der Waals surface area (Å²) in [7, 11) is 0. The van der Waals surface area contributed by atoms with Gasteiger partial charge in [0.05, 0.1) is 12.3 Å². The highest BCUT2D eigenvalue weighted by Gasteiger charge is 2.09. The molecule has 0 fully saturated rings. The van der Waals surface area contributed by atoms with Gasteiger partial charge in [-0.3, -0.25) is 14.8 Å². The molecule has 0 aliphatic heterocycles. The molecule has 5 nitrogen and oxygen atoms in total. The van der Waals surface area contributed by atoms with E-state index in [1.165, 1.54) is 0 Å². The molecule has 0 radical (unpaired) electrons. The number of carbonyl (C=O) groups is 1. The fourth-order valence-corrected chi connectivity index (χ4v) is 2.49. The normalized spacial score (nSPS) is 10.3. The Morgan fingerprint density at radius 2 is 1.88 bits per heavy atom. The molecule has 3 rings (SSSR count). The van der Waals surface area contributed by atoms with E-state index in [9.17, 15) is 4.79 Å². The van der Waals surface area contributed by atoms with Gasteiger partial charge in [-0.25, -0.2) is 0 Å². The highest BCUT2D eigenvalue weighted by molar-refractivity contribution is 5.94. The number of rotatable bonds is 6. The first-order valence-electron chi connectivity index (χ1n) is 8.13. The maximum atomic E-state index is 12.4. The van der Waals surface area contributed by atoms with Crippen molar-refractivity contribution in [3.8, 4) is 17.0 Å². The number of nitrogens with zero attached hydrogens (tertiary/aromatic N) is 2. The van der Waals surface area contributed by atoms with Crippen LogP contribution in [-0.4, -0.2) is 22.5 Å². The largest absolute Gasteiger partial charge is 0.494 e. The molecule has 1 N–H and O–H groups in total. The average Bonchev–Trinajstić information content (AvgIpc) is 2.68. The van der Waals surface area contributed by atoms with Crippen LogP contribution in [0.25, 0.3) is 11.3 Å². The zero-order valence-electron chi connectivity index (χ0n) is 14.0. The minimum Gasteiger partial charge on any atom is -0.494 e. The summed E-state index contributed by atoms with van der Waals surface area (Å²) in [4.78, 5) is 20.9. The van der Waals surface area contributed by atoms with Crippen LogP contribution >= 0.6 is 0 Å². The topological polar surface area (TPSA) is 64.1 Å². The Kier molecular flexibility index (Phi) is 5.36. The summed E-state index contributed by atoms with van der Waals surface area (Å²) >= 11 is 0. The fraction of sp³-hybridized carbons (Fsp3) is 0.150. The number of amides is 1. The second-order valence-corrected chi connectivity index (χ2v) is 5.39. The van der Waals surface area contributed by atoms with E-state index >= 15 is 0 Å². The Bertz CT molecular complexity index is 833. The first-order valence-corrected chi connectivity index (χ1v) is 8.13. The summed E-state index contributed by atoms with van der Waals surface area (Å²) in [6.07, 6.45) is 5.22. The van der Waals surface area contributed by atoms with Crippen molar-refractivity contribution in [2.45, 2.75) is 13.5 Å². The van der Waals surface area contributed by atoms with Crippen molar-refractivity contribution in [3.05, 3.63) is 78.2 Å². The monoisotopic (exact) mass is 333 g/mol. The van der Waals surface area contributed by atoms with E-state index in [-0.39, 0.29) is 5.91 Å². The molecule has 0 aliphatic carbocycles. The van der Waals surface area contributed by atoms with E-state index in [2.05, 4.69) is 15.3 Å². The number of hydrogen-bond donors (Lipinski definition) is 1. The lowest BCUT2D eigenvalue weighted by Gasteiger charge is -2.10. The highest BCUT2D eigenvalue weighted by atomic mass is 16.5. The number of carbonyl (C=O) groups excluding carboxylic acids is 1. The second kappa shape index (κ2) is 8.06. The summed E-state index contributed by atoms with van der Waals surface area (Å²) < 4.78 is 5.39. The Balaban J connectivity index is 1.70. The molecule has 0 aliphatic rings. The molecule has 5 heteroatoms. The lowest BCUT2D eigenvalue weighted by molar-refractivity contribution is 0.0951. The quantitative estimate of drug-likeness (QED) is 0.750. The minimum absolute atomic E-state index is 0.135. The Hall–Kier alpha value is -3.21. The van der Waals surface area contributed by atoms with Crippen molar-refractivity contribution in [2.75, 3.05) is 6.61 Å². The van der Waals surface area contributed by atoms with Gasteiger partial charge in [-0.1, -0.05) is 6.07 Å². The molecule has 0 saturated carbocycles. The van der Waals surface area contributed by atoms with Crippen molar-refractivity contribution in [1.29, 1.82) is 0 Å². The van der Waals surface area contributed by atoms with Crippen molar-refractivity contribution < 1.29 is 9.53 Å². The molecule has 0 atom stereocenters. The van der Waals surface area contributed by atoms with Crippen LogP contribution in [-0.2, 0) is 6.54 Å². The number of ether oxygens (including phenoxy) is 1. The van der Waals surface area contributed by atoms with E-state index in [1.54, 1.807) is 42.9 Å². The lowest BCUT2D eigenvalue weighted by Crippen LogP contribution is -2.23. The summed E-state index contributed by atoms with van der Waals surface area (Å²) in [6, 6.07) is 14.7. The SMILES string of the molecule is CCOc1ccc(C(=O)NCc2cccnc2-c2cccnc2)cc1. The molecule has 25 heavy (non-hydrogen) atoms. The molecular formula is C20H19N3O2. The molecule has 1 amide bonds. The Labute approximate surface area is 146 Å². The summed E-state index contributed by atoms with van der Waals surface area (Å²) in [6.45, 7) is 2.92. The van der Waals surface area contributed by atoms with E-state index in [0.29, 0.717) is 18.7 Å². The van der Waals surface area contributed by atoms with Crippen molar-refractivity contribution in [1.82, 2.24) is 15.3 Å². The average molecular weight is 333 g/mol. The molecule has 0 bridgehead atoms. The van der Waals surface area contributed by atoms with Crippen molar-refractivity contribution in [2.24, 2.45) is 0 Å². The molecular weight excluding hydrogens is 314 g/mol. The van der Waals surface area contributed by atoms with Gasteiger partial charge in [-0.2, -0.15) is 0 Å². The standard InChI is InChI=1S/C20H19N3O2/c1-2-25-18-9-7-15(8-10-18)20(24)23-14-17-6-4-12-22-19(17)16-5-3-11-21-13-16/h3-13H,2,14H2,1H3,(H,23,24). The zero-order chi connectivity index (χ0) is 17.5. The fourth-order valence-electron chi connectivity index (χ4n) is 2.49. The van der Waals surface area contributed by atoms with Gasteiger partial charge in [0, 0.05) is 36.3 Å². The van der Waals surface area contributed by atoms with Crippen LogP contribution in [0.1, 0.15) is 22.8 Å². The first kappa shape index (κ1) is 16.6. The third-order valence-corrected chi connectivity index (χ3v) is 3.69. The van der Waals surface area contributed by atoms with Gasteiger partial charge in [0.15, 0.2) is 0 Å². The van der Waals surface area contributed by atoms with Crippen LogP contribution in [0.5, 0.6) is 5.75 Å². The smallest absolute Gasteiger partial charge is 0.251 e. The van der Waals surface area contributed by atoms with Gasteiger partial charge in [-0.05, 0) is 55.0 Å². The lowest BCUT2D eigenvalue weighted by atomic mass is 10.1. The number of pyridine rings is 2. The third kappa shape index (κ3) is 4.20. The third-order valence-electron chi connectivity index (χ3n) is 3.69. The molecule has 0 spiro atoms. The highest BCUT2D eigenvalue weighted by Crippen LogP contribution is 2.20. The second-order valence-electron chi connectivity index (χ2n) is 5.39. The van der Waals surface area contributed by atoms with Crippen LogP contribution in [0.3, 0.4) is 0 Å². The molecule has 2 heterocycles. The number of benzene rings is 1. The number of aromatic nitrogens is 2. The Morgan fingerprint density at radius 3 is 2.60 bits per heavy atom. The van der Waals surface area contributed by atoms with Gasteiger partial charge >= 0.3 is 0 Å². The molecule has 0 unspecified atom stereocenters. The van der Waals surface area contributed by atoms with E-state index in [0.717, 1.165) is 22.6 Å². The van der Waals surface area contributed by atoms with Gasteiger partial charge in [-0.15, -0.1) is 0 Å². The van der Waals surface area contributed by atoms with Crippen LogP contribution in [0.2, 0.25) is 0 Å². The maximum Gasteiger partial charge on any atom is 0.251 e. The summed E-state index contributed by atoms with van der Waals surface area (Å²) in [5, 5.41) is 2.94. The predicted octanol–water partition coefficient (Wildman–Crippen LogP) is 3.47. The van der Waals surface area contributed by atoms with E-state index in [1.807, 2.05) is 31.2 Å². The van der Waals surface area contributed by atoms with Gasteiger partial charge in [0.2, 0.25) is 0 Å². The summed E-state index contributed by atoms with van der Waals surface area (Å²) in [5.41, 5.74) is 3.28. The molecule has 3 aromatic rings. The van der Waals surface area contributed by atoms with Crippen molar-refractivity contribution in [3.63, 3.8) is 0 Å². The van der Waals surface area contributed by atoms with Gasteiger partial charge in [0.25, 0.3) is 5.91 Å². The number of hydrogen-bond acceptors (Lipinski definition) is 4. The Morgan fingerprint density at radius 1 is 1.08 bits per heavy atom.